The number of sulfonamides is 1. The van der Waals surface area contributed by atoms with Crippen molar-refractivity contribution in [2.75, 3.05) is 5.75 Å². The van der Waals surface area contributed by atoms with Gasteiger partial charge >= 0.3 is 0 Å². The second kappa shape index (κ2) is 6.10. The Bertz CT molecular complexity index is 296. The van der Waals surface area contributed by atoms with Crippen molar-refractivity contribution in [2.24, 2.45) is 11.8 Å². The average Bonchev–Trinajstić information content (AvgIpc) is 2.00. The number of carbonyl (C=O) groups excluding carboxylic acids is 1. The molecule has 5 heteroatoms. The van der Waals surface area contributed by atoms with E-state index in [4.69, 9.17) is 0 Å². The van der Waals surface area contributed by atoms with Gasteiger partial charge in [-0.05, 0) is 25.2 Å². The number of nitrogens with one attached hydrogen (secondary N) is 1. The monoisotopic (exact) mass is 235 g/mol. The Labute approximate surface area is 92.5 Å². The van der Waals surface area contributed by atoms with E-state index in [1.807, 2.05) is 11.6 Å². The Hall–Kier alpha value is -0.580. The molecule has 0 saturated heterocycles. The molecular weight excluding hydrogens is 214 g/mol. The lowest BCUT2D eigenvalue weighted by atomic mass is 9.96. The van der Waals surface area contributed by atoms with E-state index in [1.165, 1.54) is 6.92 Å². The predicted molar refractivity (Wildman–Crippen MR) is 60.8 cm³/mol. The molecule has 0 aliphatic carbocycles. The molecule has 15 heavy (non-hydrogen) atoms. The van der Waals surface area contributed by atoms with Crippen LogP contribution >= 0.6 is 0 Å². The van der Waals surface area contributed by atoms with Gasteiger partial charge < -0.3 is 0 Å². The molecule has 0 saturated carbocycles. The van der Waals surface area contributed by atoms with Crippen molar-refractivity contribution >= 4 is 15.9 Å². The molecule has 1 amide bonds. The first-order valence-electron chi connectivity index (χ1n) is 5.30. The summed E-state index contributed by atoms with van der Waals surface area (Å²) in [6, 6.07) is 0. The number of hydrogen-bond donors (Lipinski definition) is 1. The second-order valence-electron chi connectivity index (χ2n) is 4.37. The summed E-state index contributed by atoms with van der Waals surface area (Å²) in [5.74, 6) is 0.287. The Morgan fingerprint density at radius 2 is 1.80 bits per heavy atom. The molecule has 0 aliphatic heterocycles. The van der Waals surface area contributed by atoms with Crippen LogP contribution < -0.4 is 4.72 Å². The Morgan fingerprint density at radius 1 is 1.27 bits per heavy atom. The van der Waals surface area contributed by atoms with Gasteiger partial charge in [0.2, 0.25) is 15.9 Å². The van der Waals surface area contributed by atoms with Gasteiger partial charge in [0, 0.05) is 6.42 Å². The van der Waals surface area contributed by atoms with Crippen LogP contribution in [0.2, 0.25) is 0 Å². The molecule has 4 nitrogen and oxygen atoms in total. The van der Waals surface area contributed by atoms with E-state index in [9.17, 15) is 13.2 Å². The van der Waals surface area contributed by atoms with Crippen molar-refractivity contribution < 1.29 is 13.2 Å². The number of amides is 1. The standard InChI is InChI=1S/C10H21NO3S/c1-5-15(13,14)11-10(12)7-9(4)6-8(2)3/h8-9H,5-7H2,1-4H3,(H,11,12). The van der Waals surface area contributed by atoms with E-state index < -0.39 is 15.9 Å². The lowest BCUT2D eigenvalue weighted by molar-refractivity contribution is -0.120. The van der Waals surface area contributed by atoms with Gasteiger partial charge in [-0.15, -0.1) is 0 Å². The van der Waals surface area contributed by atoms with Crippen LogP contribution in [0.4, 0.5) is 0 Å². The lowest BCUT2D eigenvalue weighted by Gasteiger charge is -2.13. The Balaban J connectivity index is 4.05. The molecule has 0 heterocycles. The molecule has 0 radical (unpaired) electrons. The van der Waals surface area contributed by atoms with Crippen molar-refractivity contribution in [1.82, 2.24) is 4.72 Å². The van der Waals surface area contributed by atoms with Gasteiger partial charge in [0.05, 0.1) is 5.75 Å². The fourth-order valence-electron chi connectivity index (χ4n) is 1.49. The highest BCUT2D eigenvalue weighted by Crippen LogP contribution is 2.14. The minimum absolute atomic E-state index is 0.0582. The zero-order valence-electron chi connectivity index (χ0n) is 9.91. The molecule has 90 valence electrons. The summed E-state index contributed by atoms with van der Waals surface area (Å²) in [5, 5.41) is 0. The summed E-state index contributed by atoms with van der Waals surface area (Å²) >= 11 is 0. The molecule has 0 fully saturated rings. The maximum absolute atomic E-state index is 11.3. The highest BCUT2D eigenvalue weighted by molar-refractivity contribution is 7.90. The lowest BCUT2D eigenvalue weighted by Crippen LogP contribution is -2.32. The topological polar surface area (TPSA) is 63.2 Å². The molecule has 1 atom stereocenters. The number of carbonyl (C=O) groups is 1. The third kappa shape index (κ3) is 7.36. The zero-order chi connectivity index (χ0) is 12.1. The van der Waals surface area contributed by atoms with Crippen LogP contribution in [0, 0.1) is 11.8 Å². The van der Waals surface area contributed by atoms with Crippen LogP contribution in [0.1, 0.15) is 40.5 Å². The first-order chi connectivity index (χ1) is 6.76. The average molecular weight is 235 g/mol. The van der Waals surface area contributed by atoms with E-state index in [1.54, 1.807) is 0 Å². The van der Waals surface area contributed by atoms with Crippen molar-refractivity contribution in [3.05, 3.63) is 0 Å². The maximum Gasteiger partial charge on any atom is 0.234 e. The number of hydrogen-bond acceptors (Lipinski definition) is 3. The minimum Gasteiger partial charge on any atom is -0.274 e. The fraction of sp³-hybridized carbons (Fsp3) is 0.900. The molecule has 0 bridgehead atoms. The van der Waals surface area contributed by atoms with Crippen LogP contribution in [0.3, 0.4) is 0 Å². The quantitative estimate of drug-likeness (QED) is 0.759. The van der Waals surface area contributed by atoms with Crippen LogP contribution in [0.25, 0.3) is 0 Å². The fourth-order valence-corrected chi connectivity index (χ4v) is 2.07. The van der Waals surface area contributed by atoms with Crippen LogP contribution in [0.15, 0.2) is 0 Å². The summed E-state index contributed by atoms with van der Waals surface area (Å²) in [4.78, 5) is 11.3. The first kappa shape index (κ1) is 14.4. The SMILES string of the molecule is CCS(=O)(=O)NC(=O)CC(C)CC(C)C. The molecule has 1 N–H and O–H groups in total. The van der Waals surface area contributed by atoms with E-state index in [-0.39, 0.29) is 18.1 Å². The highest BCUT2D eigenvalue weighted by Gasteiger charge is 2.15. The largest absolute Gasteiger partial charge is 0.274 e. The Morgan fingerprint density at radius 3 is 2.20 bits per heavy atom. The van der Waals surface area contributed by atoms with Gasteiger partial charge in [0.1, 0.15) is 0 Å². The normalized spacial score (nSPS) is 13.9. The summed E-state index contributed by atoms with van der Waals surface area (Å²) in [6.45, 7) is 7.62. The molecule has 0 aromatic heterocycles. The van der Waals surface area contributed by atoms with E-state index >= 15 is 0 Å². The third-order valence-corrected chi connectivity index (χ3v) is 3.36. The summed E-state index contributed by atoms with van der Waals surface area (Å²) in [5.41, 5.74) is 0. The molecule has 0 aliphatic rings. The van der Waals surface area contributed by atoms with E-state index in [0.717, 1.165) is 6.42 Å². The highest BCUT2D eigenvalue weighted by atomic mass is 32.2. The first-order valence-corrected chi connectivity index (χ1v) is 6.95. The van der Waals surface area contributed by atoms with Gasteiger partial charge in [-0.1, -0.05) is 20.8 Å². The molecule has 0 spiro atoms. The second-order valence-corrected chi connectivity index (χ2v) is 6.38. The predicted octanol–water partition coefficient (Wildman–Crippen LogP) is 1.52. The van der Waals surface area contributed by atoms with Gasteiger partial charge in [-0.3, -0.25) is 9.52 Å². The molecule has 0 aromatic carbocycles. The summed E-state index contributed by atoms with van der Waals surface area (Å²) < 4.78 is 24.2. The van der Waals surface area contributed by atoms with E-state index in [0.29, 0.717) is 5.92 Å². The van der Waals surface area contributed by atoms with Crippen LogP contribution in [-0.2, 0) is 14.8 Å². The van der Waals surface area contributed by atoms with Crippen LogP contribution in [0.5, 0.6) is 0 Å². The van der Waals surface area contributed by atoms with Crippen molar-refractivity contribution in [3.8, 4) is 0 Å². The Kier molecular flexibility index (Phi) is 5.87. The maximum atomic E-state index is 11.3. The van der Waals surface area contributed by atoms with Gasteiger partial charge in [0.25, 0.3) is 0 Å². The minimum atomic E-state index is -3.39. The summed E-state index contributed by atoms with van der Waals surface area (Å²) in [7, 11) is -3.39. The smallest absolute Gasteiger partial charge is 0.234 e. The zero-order valence-corrected chi connectivity index (χ0v) is 10.7. The summed E-state index contributed by atoms with van der Waals surface area (Å²) in [6.07, 6.45) is 1.21. The van der Waals surface area contributed by atoms with Crippen molar-refractivity contribution in [1.29, 1.82) is 0 Å². The van der Waals surface area contributed by atoms with Gasteiger partial charge in [-0.25, -0.2) is 8.42 Å². The van der Waals surface area contributed by atoms with Gasteiger partial charge in [-0.2, -0.15) is 0 Å². The third-order valence-electron chi connectivity index (χ3n) is 2.06. The molecule has 0 aromatic rings. The molecular formula is C10H21NO3S. The van der Waals surface area contributed by atoms with E-state index in [2.05, 4.69) is 13.8 Å². The van der Waals surface area contributed by atoms with Crippen molar-refractivity contribution in [2.45, 2.75) is 40.5 Å². The molecule has 1 unspecified atom stereocenters. The number of rotatable bonds is 6. The van der Waals surface area contributed by atoms with Gasteiger partial charge in [0.15, 0.2) is 0 Å². The molecule has 0 rings (SSSR count). The van der Waals surface area contributed by atoms with Crippen molar-refractivity contribution in [3.63, 3.8) is 0 Å². The van der Waals surface area contributed by atoms with Crippen LogP contribution in [-0.4, -0.2) is 20.1 Å².